The fraction of sp³-hybridized carbons (Fsp3) is 0.0909. The minimum atomic E-state index is -0.567. The van der Waals surface area contributed by atoms with Crippen LogP contribution in [-0.4, -0.2) is 0 Å². The van der Waals surface area contributed by atoms with Crippen LogP contribution in [0, 0.1) is 23.7 Å². The average Bonchev–Trinajstić information content (AvgIpc) is 3.10. The van der Waals surface area contributed by atoms with Gasteiger partial charge in [0.1, 0.15) is 10.8 Å². The van der Waals surface area contributed by atoms with Crippen LogP contribution in [0.15, 0.2) is 146 Å². The Bertz CT molecular complexity index is 1930. The molecule has 202 valence electrons. The van der Waals surface area contributed by atoms with Crippen LogP contribution in [0.25, 0.3) is 0 Å². The molecule has 44 heavy (non-hydrogen) atoms. The van der Waals surface area contributed by atoms with Gasteiger partial charge >= 0.3 is 0 Å². The average molecular weight is 555 g/mol. The Morgan fingerprint density at radius 3 is 0.727 bits per heavy atom. The number of hydrogen-bond donors (Lipinski definition) is 0. The highest BCUT2D eigenvalue weighted by Crippen LogP contribution is 2.60. The van der Waals surface area contributed by atoms with Crippen molar-refractivity contribution in [2.24, 2.45) is 0 Å². The summed E-state index contributed by atoms with van der Waals surface area (Å²) in [6.45, 7) is 0. The van der Waals surface area contributed by atoms with Gasteiger partial charge < -0.3 is 0 Å². The second-order valence-electron chi connectivity index (χ2n) is 12.4. The van der Waals surface area contributed by atoms with Crippen LogP contribution in [0.2, 0.25) is 0 Å². The van der Waals surface area contributed by atoms with E-state index < -0.39 is 10.8 Å². The molecule has 0 aromatic heterocycles. The second-order valence-corrected chi connectivity index (χ2v) is 12.4. The third kappa shape index (κ3) is 2.73. The number of benzene rings is 6. The molecular weight excluding hydrogens is 528 g/mol. The van der Waals surface area contributed by atoms with Gasteiger partial charge in [-0.05, 0) is 78.6 Å². The van der Waals surface area contributed by atoms with Crippen molar-refractivity contribution in [1.82, 2.24) is 0 Å². The molecule has 4 bridgehead atoms. The van der Waals surface area contributed by atoms with Crippen molar-refractivity contribution in [2.75, 3.05) is 0 Å². The summed E-state index contributed by atoms with van der Waals surface area (Å²) in [5.74, 6) is 15.1. The van der Waals surface area contributed by atoms with Gasteiger partial charge in [0.2, 0.25) is 0 Å². The smallest absolute Gasteiger partial charge is 0.0677 e. The van der Waals surface area contributed by atoms with Crippen LogP contribution in [0.4, 0.5) is 0 Å². The Hall–Kier alpha value is -5.56. The molecule has 0 heteroatoms. The van der Waals surface area contributed by atoms with Crippen molar-refractivity contribution in [3.63, 3.8) is 0 Å². The molecule has 0 spiro atoms. The van der Waals surface area contributed by atoms with Crippen molar-refractivity contribution in [3.05, 3.63) is 212 Å². The predicted molar refractivity (Wildman–Crippen MR) is 176 cm³/mol. The van der Waals surface area contributed by atoms with Gasteiger partial charge in [-0.2, -0.15) is 0 Å². The molecular formula is C44H26. The SMILES string of the molecule is C(C#CC12c3ccccc3C(c3ccccc31)c1ccccc12)#CC12c3ccccc3C(c3ccccc31)c1ccccc12. The first-order chi connectivity index (χ1) is 21.8. The first-order valence-corrected chi connectivity index (χ1v) is 15.4. The normalized spacial score (nSPS) is 23.3. The Labute approximate surface area is 258 Å². The maximum absolute atomic E-state index is 3.83. The van der Waals surface area contributed by atoms with Crippen LogP contribution in [-0.2, 0) is 10.8 Å². The van der Waals surface area contributed by atoms with E-state index in [-0.39, 0.29) is 11.8 Å². The molecule has 12 rings (SSSR count). The molecule has 6 aliphatic carbocycles. The van der Waals surface area contributed by atoms with Gasteiger partial charge in [-0.15, -0.1) is 0 Å². The third-order valence-corrected chi connectivity index (χ3v) is 10.6. The van der Waals surface area contributed by atoms with Gasteiger partial charge in [0.15, 0.2) is 0 Å². The molecule has 0 saturated carbocycles. The zero-order chi connectivity index (χ0) is 28.9. The first kappa shape index (κ1) is 23.9. The summed E-state index contributed by atoms with van der Waals surface area (Å²) in [4.78, 5) is 0. The lowest BCUT2D eigenvalue weighted by molar-refractivity contribution is 0.665. The summed E-state index contributed by atoms with van der Waals surface area (Å²) >= 11 is 0. The maximum atomic E-state index is 3.83. The van der Waals surface area contributed by atoms with E-state index >= 15 is 0 Å². The lowest BCUT2D eigenvalue weighted by Crippen LogP contribution is -2.41. The van der Waals surface area contributed by atoms with Crippen LogP contribution in [0.3, 0.4) is 0 Å². The highest BCUT2D eigenvalue weighted by Gasteiger charge is 2.52. The van der Waals surface area contributed by atoms with Gasteiger partial charge in [-0.3, -0.25) is 0 Å². The monoisotopic (exact) mass is 554 g/mol. The second kappa shape index (κ2) is 8.51. The van der Waals surface area contributed by atoms with Crippen LogP contribution in [0.1, 0.15) is 78.6 Å². The molecule has 0 radical (unpaired) electrons. The minimum Gasteiger partial charge on any atom is -0.0677 e. The Balaban J connectivity index is 1.25. The Morgan fingerprint density at radius 1 is 0.295 bits per heavy atom. The fourth-order valence-electron chi connectivity index (χ4n) is 9.07. The molecule has 0 fully saturated rings. The van der Waals surface area contributed by atoms with E-state index in [0.717, 1.165) is 0 Å². The van der Waals surface area contributed by atoms with E-state index in [9.17, 15) is 0 Å². The quantitative estimate of drug-likeness (QED) is 0.165. The van der Waals surface area contributed by atoms with Gasteiger partial charge in [-0.1, -0.05) is 157 Å². The predicted octanol–water partition coefficient (Wildman–Crippen LogP) is 8.68. The summed E-state index contributed by atoms with van der Waals surface area (Å²) in [5.41, 5.74) is 14.7. The Morgan fingerprint density at radius 2 is 0.500 bits per heavy atom. The minimum absolute atomic E-state index is 0.231. The van der Waals surface area contributed by atoms with E-state index in [0.29, 0.717) is 0 Å². The van der Waals surface area contributed by atoms with E-state index in [1.165, 1.54) is 66.8 Å². The molecule has 6 aromatic carbocycles. The Kier molecular flexibility index (Phi) is 4.63. The molecule has 0 atom stereocenters. The zero-order valence-corrected chi connectivity index (χ0v) is 24.0. The molecule has 0 unspecified atom stereocenters. The van der Waals surface area contributed by atoms with Crippen molar-refractivity contribution in [3.8, 4) is 23.7 Å². The van der Waals surface area contributed by atoms with E-state index in [1.807, 2.05) is 0 Å². The van der Waals surface area contributed by atoms with Gasteiger partial charge in [0, 0.05) is 11.8 Å². The highest BCUT2D eigenvalue weighted by molar-refractivity contribution is 5.78. The van der Waals surface area contributed by atoms with Gasteiger partial charge in [-0.25, -0.2) is 0 Å². The summed E-state index contributed by atoms with van der Waals surface area (Å²) in [6.07, 6.45) is 0. The molecule has 0 nitrogen and oxygen atoms in total. The van der Waals surface area contributed by atoms with Gasteiger partial charge in [0.05, 0.1) is 0 Å². The summed E-state index contributed by atoms with van der Waals surface area (Å²) in [5, 5.41) is 0. The van der Waals surface area contributed by atoms with E-state index in [4.69, 9.17) is 0 Å². The third-order valence-electron chi connectivity index (χ3n) is 10.6. The molecule has 0 aliphatic heterocycles. The molecule has 0 amide bonds. The summed E-state index contributed by atoms with van der Waals surface area (Å²) in [7, 11) is 0. The number of hydrogen-bond acceptors (Lipinski definition) is 0. The first-order valence-electron chi connectivity index (χ1n) is 15.4. The van der Waals surface area contributed by atoms with Crippen molar-refractivity contribution in [1.29, 1.82) is 0 Å². The van der Waals surface area contributed by atoms with Crippen LogP contribution >= 0.6 is 0 Å². The topological polar surface area (TPSA) is 0 Å². The largest absolute Gasteiger partial charge is 0.108 e. The lowest BCUT2D eigenvalue weighted by atomic mass is 9.53. The zero-order valence-electron chi connectivity index (χ0n) is 24.0. The maximum Gasteiger partial charge on any atom is 0.108 e. The van der Waals surface area contributed by atoms with Crippen LogP contribution < -0.4 is 0 Å². The summed E-state index contributed by atoms with van der Waals surface area (Å²) in [6, 6.07) is 53.3. The lowest BCUT2D eigenvalue weighted by Gasteiger charge is -2.48. The van der Waals surface area contributed by atoms with Crippen LogP contribution in [0.5, 0.6) is 0 Å². The fourth-order valence-corrected chi connectivity index (χ4v) is 9.07. The van der Waals surface area contributed by atoms with Gasteiger partial charge in [0.25, 0.3) is 0 Å². The molecule has 6 aliphatic rings. The van der Waals surface area contributed by atoms with E-state index in [1.54, 1.807) is 0 Å². The molecule has 0 saturated heterocycles. The highest BCUT2D eigenvalue weighted by atomic mass is 14.5. The molecule has 6 aromatic rings. The number of rotatable bonds is 0. The van der Waals surface area contributed by atoms with E-state index in [2.05, 4.69) is 169 Å². The molecule has 0 N–H and O–H groups in total. The van der Waals surface area contributed by atoms with Crippen molar-refractivity contribution >= 4 is 0 Å². The standard InChI is InChI=1S/C44H26/c1-7-21-35-29(15-1)41-30-16-2-8-22-36(30)43(35,37-23-9-3-17-31(37)41)27-13-14-28-44-38-24-10-4-18-32(38)42(33-19-5-11-25-39(33)44)34-20-6-12-26-40(34)44/h1-12,15-26,41-42H. The molecule has 0 heterocycles. The van der Waals surface area contributed by atoms with Crippen molar-refractivity contribution in [2.45, 2.75) is 22.7 Å². The summed E-state index contributed by atoms with van der Waals surface area (Å²) < 4.78 is 0. The van der Waals surface area contributed by atoms with Crippen molar-refractivity contribution < 1.29 is 0 Å².